The van der Waals surface area contributed by atoms with Gasteiger partial charge < -0.3 is 10.4 Å². The maximum Gasteiger partial charge on any atom is 0.0771 e. The fraction of sp³-hybridized carbons (Fsp3) is 0.625. The molecule has 2 rings (SSSR count). The summed E-state index contributed by atoms with van der Waals surface area (Å²) in [6.07, 6.45) is 6.60. The van der Waals surface area contributed by atoms with E-state index in [0.717, 1.165) is 36.3 Å². The van der Waals surface area contributed by atoms with E-state index in [1.54, 1.807) is 0 Å². The first-order chi connectivity index (χ1) is 9.11. The number of aliphatic hydroxyl groups is 1. The molecule has 1 saturated carbocycles. The van der Waals surface area contributed by atoms with Crippen molar-refractivity contribution >= 4 is 11.6 Å². The Morgan fingerprint density at radius 3 is 2.47 bits per heavy atom. The third kappa shape index (κ3) is 4.20. The Labute approximate surface area is 121 Å². The zero-order valence-electron chi connectivity index (χ0n) is 11.7. The minimum atomic E-state index is -0.536. The Hall–Kier alpha value is -0.570. The first-order valence-electron chi connectivity index (χ1n) is 7.31. The van der Waals surface area contributed by atoms with Crippen LogP contribution in [0.25, 0.3) is 0 Å². The van der Waals surface area contributed by atoms with Crippen molar-refractivity contribution in [2.24, 2.45) is 0 Å². The van der Waals surface area contributed by atoms with E-state index in [1.807, 2.05) is 24.3 Å². The van der Waals surface area contributed by atoms with Crippen molar-refractivity contribution in [1.82, 2.24) is 5.32 Å². The Morgan fingerprint density at radius 1 is 1.21 bits per heavy atom. The second-order valence-electron chi connectivity index (χ2n) is 5.76. The highest BCUT2D eigenvalue weighted by Gasteiger charge is 2.28. The molecule has 0 spiro atoms. The highest BCUT2D eigenvalue weighted by Crippen LogP contribution is 2.28. The predicted molar refractivity (Wildman–Crippen MR) is 80.5 cm³/mol. The van der Waals surface area contributed by atoms with Gasteiger partial charge in [0.15, 0.2) is 0 Å². The largest absolute Gasteiger partial charge is 0.389 e. The zero-order valence-corrected chi connectivity index (χ0v) is 12.4. The molecule has 0 saturated heterocycles. The third-order valence-corrected chi connectivity index (χ3v) is 4.49. The van der Waals surface area contributed by atoms with Crippen LogP contribution in [-0.4, -0.2) is 17.3 Å². The topological polar surface area (TPSA) is 32.3 Å². The summed E-state index contributed by atoms with van der Waals surface area (Å²) in [5.41, 5.74) is 0.563. The number of hydrogen-bond acceptors (Lipinski definition) is 2. The van der Waals surface area contributed by atoms with Crippen molar-refractivity contribution in [3.8, 4) is 0 Å². The normalized spacial score (nSPS) is 20.8. The molecule has 106 valence electrons. The van der Waals surface area contributed by atoms with Gasteiger partial charge in [0, 0.05) is 17.6 Å². The molecule has 2 nitrogen and oxygen atoms in total. The summed E-state index contributed by atoms with van der Waals surface area (Å²) in [4.78, 5) is 0. The third-order valence-electron chi connectivity index (χ3n) is 4.14. The van der Waals surface area contributed by atoms with Gasteiger partial charge in [-0.15, -0.1) is 0 Å². The summed E-state index contributed by atoms with van der Waals surface area (Å²) in [5.74, 6) is 0. The molecular formula is C16H24ClNO. The standard InChI is InChI=1S/C16H24ClNO/c1-13(14-8-4-5-9-15(14)17)18-12-16(19)10-6-2-3-7-11-16/h4-5,8-9,13,18-19H,2-3,6-7,10-12H2,1H3/t13-/m0/s1. The number of nitrogens with one attached hydrogen (secondary N) is 1. The van der Waals surface area contributed by atoms with E-state index in [2.05, 4.69) is 12.2 Å². The highest BCUT2D eigenvalue weighted by molar-refractivity contribution is 6.31. The van der Waals surface area contributed by atoms with Gasteiger partial charge in [-0.3, -0.25) is 0 Å². The number of halogens is 1. The molecular weight excluding hydrogens is 258 g/mol. The zero-order chi connectivity index (χ0) is 13.7. The van der Waals surface area contributed by atoms with Gasteiger partial charge >= 0.3 is 0 Å². The van der Waals surface area contributed by atoms with Crippen LogP contribution >= 0.6 is 11.6 Å². The fourth-order valence-electron chi connectivity index (χ4n) is 2.84. The van der Waals surface area contributed by atoms with E-state index in [4.69, 9.17) is 11.6 Å². The van der Waals surface area contributed by atoms with Gasteiger partial charge in [-0.05, 0) is 31.4 Å². The van der Waals surface area contributed by atoms with Crippen molar-refractivity contribution in [3.05, 3.63) is 34.9 Å². The molecule has 0 radical (unpaired) electrons. The fourth-order valence-corrected chi connectivity index (χ4v) is 3.14. The molecule has 0 unspecified atom stereocenters. The maximum absolute atomic E-state index is 10.6. The van der Waals surface area contributed by atoms with Crippen molar-refractivity contribution in [2.75, 3.05) is 6.54 Å². The van der Waals surface area contributed by atoms with E-state index in [-0.39, 0.29) is 6.04 Å². The van der Waals surface area contributed by atoms with Gasteiger partial charge in [0.25, 0.3) is 0 Å². The Morgan fingerprint density at radius 2 is 1.84 bits per heavy atom. The monoisotopic (exact) mass is 281 g/mol. The second-order valence-corrected chi connectivity index (χ2v) is 6.17. The van der Waals surface area contributed by atoms with Gasteiger partial charge in [0.1, 0.15) is 0 Å². The second kappa shape index (κ2) is 6.74. The van der Waals surface area contributed by atoms with E-state index >= 15 is 0 Å². The molecule has 0 amide bonds. The average molecular weight is 282 g/mol. The van der Waals surface area contributed by atoms with Crippen LogP contribution in [0.5, 0.6) is 0 Å². The SMILES string of the molecule is C[C@H](NCC1(O)CCCCCC1)c1ccccc1Cl. The minimum Gasteiger partial charge on any atom is -0.389 e. The van der Waals surface area contributed by atoms with Crippen LogP contribution in [0.3, 0.4) is 0 Å². The van der Waals surface area contributed by atoms with Crippen LogP contribution in [0, 0.1) is 0 Å². The summed E-state index contributed by atoms with van der Waals surface area (Å²) < 4.78 is 0. The van der Waals surface area contributed by atoms with Crippen LogP contribution in [0.15, 0.2) is 24.3 Å². The molecule has 1 aliphatic carbocycles. The molecule has 2 N–H and O–H groups in total. The highest BCUT2D eigenvalue weighted by atomic mass is 35.5. The lowest BCUT2D eigenvalue weighted by Gasteiger charge is -2.29. The number of rotatable bonds is 4. The summed E-state index contributed by atoms with van der Waals surface area (Å²) in [6, 6.07) is 8.06. The van der Waals surface area contributed by atoms with E-state index in [1.165, 1.54) is 12.8 Å². The molecule has 0 heterocycles. The first-order valence-corrected chi connectivity index (χ1v) is 7.69. The lowest BCUT2D eigenvalue weighted by atomic mass is 9.94. The van der Waals surface area contributed by atoms with E-state index in [9.17, 15) is 5.11 Å². The summed E-state index contributed by atoms with van der Waals surface area (Å²) in [7, 11) is 0. The van der Waals surface area contributed by atoms with Crippen LogP contribution in [0.1, 0.15) is 57.1 Å². The van der Waals surface area contributed by atoms with Gasteiger partial charge in [-0.1, -0.05) is 55.5 Å². The summed E-state index contributed by atoms with van der Waals surface area (Å²) >= 11 is 6.20. The maximum atomic E-state index is 10.6. The van der Waals surface area contributed by atoms with E-state index < -0.39 is 5.60 Å². The Balaban J connectivity index is 1.92. The predicted octanol–water partition coefficient (Wildman–Crippen LogP) is 4.08. The quantitative estimate of drug-likeness (QED) is 0.815. The molecule has 19 heavy (non-hydrogen) atoms. The molecule has 0 aliphatic heterocycles. The van der Waals surface area contributed by atoms with Gasteiger partial charge in [-0.25, -0.2) is 0 Å². The number of benzene rings is 1. The van der Waals surface area contributed by atoms with E-state index in [0.29, 0.717) is 6.54 Å². The molecule has 1 aromatic rings. The van der Waals surface area contributed by atoms with Crippen LogP contribution in [0.4, 0.5) is 0 Å². The van der Waals surface area contributed by atoms with Crippen molar-refractivity contribution in [1.29, 1.82) is 0 Å². The summed E-state index contributed by atoms with van der Waals surface area (Å²) in [6.45, 7) is 2.75. The van der Waals surface area contributed by atoms with Crippen LogP contribution < -0.4 is 5.32 Å². The lowest BCUT2D eigenvalue weighted by molar-refractivity contribution is 0.0231. The van der Waals surface area contributed by atoms with Gasteiger partial charge in [-0.2, -0.15) is 0 Å². The smallest absolute Gasteiger partial charge is 0.0771 e. The summed E-state index contributed by atoms with van der Waals surface area (Å²) in [5, 5.41) is 14.9. The molecule has 1 atom stereocenters. The molecule has 1 aromatic carbocycles. The van der Waals surface area contributed by atoms with Gasteiger partial charge in [0.2, 0.25) is 0 Å². The Bertz CT molecular complexity index is 399. The molecule has 3 heteroatoms. The van der Waals surface area contributed by atoms with Crippen molar-refractivity contribution in [3.63, 3.8) is 0 Å². The first kappa shape index (κ1) is 14.8. The lowest BCUT2D eigenvalue weighted by Crippen LogP contribution is -2.41. The Kier molecular flexibility index (Phi) is 5.26. The molecule has 0 aromatic heterocycles. The van der Waals surface area contributed by atoms with Crippen LogP contribution in [-0.2, 0) is 0 Å². The number of hydrogen-bond donors (Lipinski definition) is 2. The van der Waals surface area contributed by atoms with Crippen molar-refractivity contribution in [2.45, 2.75) is 57.1 Å². The molecule has 1 aliphatic rings. The van der Waals surface area contributed by atoms with Crippen LogP contribution in [0.2, 0.25) is 5.02 Å². The van der Waals surface area contributed by atoms with Crippen molar-refractivity contribution < 1.29 is 5.11 Å². The minimum absolute atomic E-state index is 0.168. The molecule has 1 fully saturated rings. The van der Waals surface area contributed by atoms with Gasteiger partial charge in [0.05, 0.1) is 5.60 Å². The average Bonchev–Trinajstić information content (AvgIpc) is 2.62. The molecule has 0 bridgehead atoms.